The number of carbonyl (C=O) groups excluding carboxylic acids is 1. The maximum atomic E-state index is 10.4. The molecule has 0 spiro atoms. The summed E-state index contributed by atoms with van der Waals surface area (Å²) in [5, 5.41) is 9.15. The third-order valence-corrected chi connectivity index (χ3v) is 6.25. The first-order chi connectivity index (χ1) is 17.7. The Kier molecular flexibility index (Phi) is 10.4. The first kappa shape index (κ1) is 26.3. The number of benzene rings is 3. The van der Waals surface area contributed by atoms with Crippen LogP contribution in [0.4, 0.5) is 0 Å². The molecular weight excluding hydrogens is 438 g/mol. The first-order valence-electron chi connectivity index (χ1n) is 12.5. The average Bonchev–Trinajstić information content (AvgIpc) is 2.91. The average molecular weight is 470 g/mol. The lowest BCUT2D eigenvalue weighted by Crippen LogP contribution is -2.01. The van der Waals surface area contributed by atoms with Gasteiger partial charge in [0.25, 0.3) is 0 Å². The van der Waals surface area contributed by atoms with Gasteiger partial charge in [0.2, 0.25) is 0 Å². The largest absolute Gasteiger partial charge is 0.233 e. The Morgan fingerprint density at radius 3 is 2.36 bits per heavy atom. The third-order valence-electron chi connectivity index (χ3n) is 6.25. The molecule has 0 aliphatic heterocycles. The van der Waals surface area contributed by atoms with Gasteiger partial charge in [-0.05, 0) is 83.7 Å². The first-order valence-corrected chi connectivity index (χ1v) is 12.5. The van der Waals surface area contributed by atoms with Gasteiger partial charge in [-0.2, -0.15) is 5.26 Å². The van der Waals surface area contributed by atoms with Gasteiger partial charge in [-0.15, -0.1) is 5.92 Å². The molecule has 0 atom stereocenters. The van der Waals surface area contributed by atoms with Gasteiger partial charge < -0.3 is 0 Å². The highest BCUT2D eigenvalue weighted by atomic mass is 16.1. The molecule has 3 aromatic carbocycles. The van der Waals surface area contributed by atoms with Crippen LogP contribution in [0, 0.1) is 35.0 Å². The molecule has 0 heterocycles. The molecule has 2 nitrogen and oxygen atoms in total. The molecule has 2 heteroatoms. The quantitative estimate of drug-likeness (QED) is 0.254. The van der Waals surface area contributed by atoms with Crippen LogP contribution in [-0.4, -0.2) is 5.94 Å². The van der Waals surface area contributed by atoms with Gasteiger partial charge in [0.15, 0.2) is 0 Å². The van der Waals surface area contributed by atoms with Crippen LogP contribution >= 0.6 is 0 Å². The van der Waals surface area contributed by atoms with E-state index in [-0.39, 0.29) is 0 Å². The molecule has 3 rings (SSSR count). The number of allylic oxidation sites excluding steroid dienone is 1. The Labute approximate surface area is 215 Å². The Hall–Kier alpha value is -4.28. The minimum Gasteiger partial charge on any atom is -0.233 e. The molecule has 0 saturated heterocycles. The monoisotopic (exact) mass is 469 g/mol. The third kappa shape index (κ3) is 7.36. The van der Waals surface area contributed by atoms with Crippen LogP contribution in [0.2, 0.25) is 0 Å². The van der Waals surface area contributed by atoms with Crippen molar-refractivity contribution in [2.45, 2.75) is 58.8 Å². The zero-order valence-electron chi connectivity index (χ0n) is 21.2. The summed E-state index contributed by atoms with van der Waals surface area (Å²) in [4.78, 5) is 10.4. The van der Waals surface area contributed by atoms with Crippen molar-refractivity contribution in [2.24, 2.45) is 0 Å². The summed E-state index contributed by atoms with van der Waals surface area (Å²) in [6, 6.07) is 23.2. The van der Waals surface area contributed by atoms with Gasteiger partial charge in [0, 0.05) is 12.8 Å². The van der Waals surface area contributed by atoms with Crippen molar-refractivity contribution < 1.29 is 4.79 Å². The second-order valence-corrected chi connectivity index (χ2v) is 8.70. The highest BCUT2D eigenvalue weighted by Gasteiger charge is 2.09. The smallest absolute Gasteiger partial charge is 0.133 e. The van der Waals surface area contributed by atoms with Crippen molar-refractivity contribution >= 4 is 5.94 Å². The van der Waals surface area contributed by atoms with E-state index in [1.54, 1.807) is 5.94 Å². The number of aryl methyl sites for hydroxylation is 2. The van der Waals surface area contributed by atoms with Gasteiger partial charge in [0.1, 0.15) is 5.94 Å². The van der Waals surface area contributed by atoms with E-state index in [0.29, 0.717) is 18.4 Å². The highest BCUT2D eigenvalue weighted by Crippen LogP contribution is 2.27. The summed E-state index contributed by atoms with van der Waals surface area (Å²) in [5.74, 6) is 13.7. The van der Waals surface area contributed by atoms with Crippen molar-refractivity contribution in [3.05, 3.63) is 100 Å². The number of hydrogen-bond acceptors (Lipinski definition) is 2. The van der Waals surface area contributed by atoms with Crippen molar-refractivity contribution in [3.8, 4) is 40.9 Å². The van der Waals surface area contributed by atoms with Crippen molar-refractivity contribution in [2.75, 3.05) is 0 Å². The Morgan fingerprint density at radius 2 is 1.64 bits per heavy atom. The predicted molar refractivity (Wildman–Crippen MR) is 148 cm³/mol. The molecule has 36 heavy (non-hydrogen) atoms. The standard InChI is InChI=1S/C34H31NO/c1-3-5-13-31-21-18-27(25-34(31)32-22-19-28(26-35)20-23-32)12-9-15-30-17-10-16-29(33(30)11-4-2)14-7-6-8-24-36/h8,10,16-23,25H,4,9,11-15H2,1-2H3. The maximum Gasteiger partial charge on any atom is 0.133 e. The summed E-state index contributed by atoms with van der Waals surface area (Å²) < 4.78 is 0. The van der Waals surface area contributed by atoms with Gasteiger partial charge in [-0.3, -0.25) is 0 Å². The summed E-state index contributed by atoms with van der Waals surface area (Å²) in [7, 11) is 0. The molecule has 0 N–H and O–H groups in total. The predicted octanol–water partition coefficient (Wildman–Crippen LogP) is 6.85. The van der Waals surface area contributed by atoms with Crippen LogP contribution in [0.1, 0.15) is 60.1 Å². The lowest BCUT2D eigenvalue weighted by atomic mass is 9.91. The van der Waals surface area contributed by atoms with E-state index >= 15 is 0 Å². The molecule has 0 aliphatic carbocycles. The molecular formula is C34H31NO. The fourth-order valence-corrected chi connectivity index (χ4v) is 4.48. The van der Waals surface area contributed by atoms with E-state index < -0.39 is 0 Å². The Balaban J connectivity index is 1.79. The van der Waals surface area contributed by atoms with E-state index in [0.717, 1.165) is 37.7 Å². The number of rotatable bonds is 9. The van der Waals surface area contributed by atoms with E-state index in [1.165, 1.54) is 39.5 Å². The molecule has 0 radical (unpaired) electrons. The summed E-state index contributed by atoms with van der Waals surface area (Å²) in [5.41, 5.74) is 9.54. The van der Waals surface area contributed by atoms with Gasteiger partial charge in [-0.1, -0.05) is 79.6 Å². The summed E-state index contributed by atoms with van der Waals surface area (Å²) in [6.45, 7) is 4.07. The minimum atomic E-state index is 0.650. The Bertz CT molecular complexity index is 1390. The van der Waals surface area contributed by atoms with Crippen LogP contribution in [0.25, 0.3) is 11.1 Å². The van der Waals surface area contributed by atoms with E-state index in [9.17, 15) is 4.79 Å². The van der Waals surface area contributed by atoms with Gasteiger partial charge in [-0.25, -0.2) is 4.79 Å². The zero-order valence-corrected chi connectivity index (χ0v) is 21.2. The normalized spacial score (nSPS) is 9.69. The van der Waals surface area contributed by atoms with Crippen LogP contribution in [-0.2, 0) is 36.9 Å². The minimum absolute atomic E-state index is 0.650. The molecule has 0 fully saturated rings. The lowest BCUT2D eigenvalue weighted by molar-refractivity contribution is 0.569. The molecule has 0 amide bonds. The fourth-order valence-electron chi connectivity index (χ4n) is 4.48. The lowest BCUT2D eigenvalue weighted by Gasteiger charge is -2.14. The molecule has 178 valence electrons. The fraction of sp³-hybridized carbons (Fsp3) is 0.265. The highest BCUT2D eigenvalue weighted by molar-refractivity contribution is 5.69. The van der Waals surface area contributed by atoms with Crippen LogP contribution in [0.3, 0.4) is 0 Å². The van der Waals surface area contributed by atoms with Crippen LogP contribution in [0.15, 0.2) is 66.7 Å². The molecule has 3 aromatic rings. The number of nitriles is 1. The van der Waals surface area contributed by atoms with Crippen molar-refractivity contribution in [1.82, 2.24) is 0 Å². The second-order valence-electron chi connectivity index (χ2n) is 8.70. The van der Waals surface area contributed by atoms with E-state index in [2.05, 4.69) is 73.1 Å². The van der Waals surface area contributed by atoms with Crippen molar-refractivity contribution in [3.63, 3.8) is 0 Å². The number of hydrogen-bond donors (Lipinski definition) is 0. The number of nitrogens with zero attached hydrogens (tertiary/aromatic N) is 1. The van der Waals surface area contributed by atoms with Crippen LogP contribution in [0.5, 0.6) is 0 Å². The molecule has 0 aromatic heterocycles. The Morgan fingerprint density at radius 1 is 0.861 bits per heavy atom. The van der Waals surface area contributed by atoms with Gasteiger partial charge >= 0.3 is 0 Å². The van der Waals surface area contributed by atoms with Gasteiger partial charge in [0.05, 0.1) is 17.7 Å². The maximum absolute atomic E-state index is 10.4. The summed E-state index contributed by atoms with van der Waals surface area (Å²) >= 11 is 0. The van der Waals surface area contributed by atoms with Crippen molar-refractivity contribution in [1.29, 1.82) is 5.26 Å². The van der Waals surface area contributed by atoms with E-state index in [1.807, 2.05) is 31.2 Å². The molecule has 0 aliphatic rings. The van der Waals surface area contributed by atoms with E-state index in [4.69, 9.17) is 5.26 Å². The summed E-state index contributed by atoms with van der Waals surface area (Å²) in [6.07, 6.45) is 7.77. The zero-order chi connectivity index (χ0) is 25.6. The molecule has 0 bridgehead atoms. The SMILES string of the molecule is CC#CCc1ccc(CCCc2cccc(CC#CC=C=O)c2CCC)cc1-c1ccc(C#N)cc1. The second kappa shape index (κ2) is 14.2. The molecule has 0 saturated carbocycles. The van der Waals surface area contributed by atoms with Crippen LogP contribution < -0.4 is 0 Å². The molecule has 0 unspecified atom stereocenters. The topological polar surface area (TPSA) is 40.9 Å².